The molecule has 1 rings (SSSR count). The number of hydrogen-bond donors (Lipinski definition) is 2. The van der Waals surface area contributed by atoms with E-state index in [2.05, 4.69) is 29.1 Å². The fraction of sp³-hybridized carbons (Fsp3) is 0.727. The van der Waals surface area contributed by atoms with E-state index in [4.69, 9.17) is 0 Å². The Balaban J connectivity index is 2.44. The number of nitrogens with zero attached hydrogens (tertiary/aromatic N) is 1. The SMILES string of the molecule is CCCCC(NCCC)c1ncc[nH]1. The lowest BCUT2D eigenvalue weighted by molar-refractivity contribution is 0.464. The Morgan fingerprint density at radius 1 is 1.43 bits per heavy atom. The van der Waals surface area contributed by atoms with E-state index in [1.54, 1.807) is 0 Å². The molecular formula is C11H21N3. The molecule has 0 bridgehead atoms. The zero-order chi connectivity index (χ0) is 10.2. The van der Waals surface area contributed by atoms with Crippen LogP contribution in [0.3, 0.4) is 0 Å². The van der Waals surface area contributed by atoms with Crippen LogP contribution < -0.4 is 5.32 Å². The molecule has 0 aromatic carbocycles. The first-order chi connectivity index (χ1) is 6.88. The van der Waals surface area contributed by atoms with Gasteiger partial charge in [0.2, 0.25) is 0 Å². The van der Waals surface area contributed by atoms with E-state index in [1.165, 1.54) is 25.7 Å². The predicted molar refractivity (Wildman–Crippen MR) is 59.1 cm³/mol. The maximum Gasteiger partial charge on any atom is 0.123 e. The van der Waals surface area contributed by atoms with E-state index in [1.807, 2.05) is 12.4 Å². The van der Waals surface area contributed by atoms with Crippen LogP contribution in [0.1, 0.15) is 51.4 Å². The smallest absolute Gasteiger partial charge is 0.123 e. The highest BCUT2D eigenvalue weighted by Gasteiger charge is 2.11. The lowest BCUT2D eigenvalue weighted by Gasteiger charge is -2.15. The Bertz CT molecular complexity index is 210. The number of unbranched alkanes of at least 4 members (excludes halogenated alkanes) is 1. The number of hydrogen-bond acceptors (Lipinski definition) is 2. The maximum atomic E-state index is 4.30. The molecule has 0 aliphatic carbocycles. The molecule has 1 unspecified atom stereocenters. The van der Waals surface area contributed by atoms with Gasteiger partial charge in [-0.25, -0.2) is 4.98 Å². The van der Waals surface area contributed by atoms with E-state index < -0.39 is 0 Å². The lowest BCUT2D eigenvalue weighted by Crippen LogP contribution is -2.23. The second kappa shape index (κ2) is 6.60. The largest absolute Gasteiger partial charge is 0.347 e. The average Bonchev–Trinajstić information content (AvgIpc) is 2.71. The second-order valence-electron chi connectivity index (χ2n) is 3.62. The molecule has 3 heteroatoms. The Kier molecular flexibility index (Phi) is 5.30. The lowest BCUT2D eigenvalue weighted by atomic mass is 10.1. The van der Waals surface area contributed by atoms with Crippen molar-refractivity contribution in [3.8, 4) is 0 Å². The molecule has 0 radical (unpaired) electrons. The summed E-state index contributed by atoms with van der Waals surface area (Å²) in [5.41, 5.74) is 0. The first-order valence-corrected chi connectivity index (χ1v) is 5.61. The van der Waals surface area contributed by atoms with Gasteiger partial charge in [0, 0.05) is 12.4 Å². The van der Waals surface area contributed by atoms with Gasteiger partial charge in [-0.1, -0.05) is 26.7 Å². The molecule has 80 valence electrons. The van der Waals surface area contributed by atoms with Gasteiger partial charge in [0.15, 0.2) is 0 Å². The minimum Gasteiger partial charge on any atom is -0.347 e. The van der Waals surface area contributed by atoms with E-state index in [9.17, 15) is 0 Å². The van der Waals surface area contributed by atoms with Crippen LogP contribution in [0.15, 0.2) is 12.4 Å². The van der Waals surface area contributed by atoms with Crippen molar-refractivity contribution in [3.63, 3.8) is 0 Å². The molecule has 0 aliphatic rings. The summed E-state index contributed by atoms with van der Waals surface area (Å²) in [7, 11) is 0. The molecule has 0 saturated heterocycles. The quantitative estimate of drug-likeness (QED) is 0.702. The number of aromatic amines is 1. The Hall–Kier alpha value is -0.830. The summed E-state index contributed by atoms with van der Waals surface area (Å²) < 4.78 is 0. The van der Waals surface area contributed by atoms with E-state index in [-0.39, 0.29) is 0 Å². The molecule has 0 fully saturated rings. The molecule has 0 spiro atoms. The van der Waals surface area contributed by atoms with Crippen LogP contribution in [0, 0.1) is 0 Å². The molecule has 0 saturated carbocycles. The van der Waals surface area contributed by atoms with Gasteiger partial charge in [-0.3, -0.25) is 0 Å². The summed E-state index contributed by atoms with van der Waals surface area (Å²) in [6.07, 6.45) is 8.55. The fourth-order valence-corrected chi connectivity index (χ4v) is 1.53. The maximum absolute atomic E-state index is 4.30. The molecule has 14 heavy (non-hydrogen) atoms. The Labute approximate surface area is 86.3 Å². The number of H-pyrrole nitrogens is 1. The van der Waals surface area contributed by atoms with Crippen LogP contribution in [0.25, 0.3) is 0 Å². The highest BCUT2D eigenvalue weighted by molar-refractivity contribution is 4.95. The van der Waals surface area contributed by atoms with Crippen LogP contribution in [-0.2, 0) is 0 Å². The van der Waals surface area contributed by atoms with Crippen molar-refractivity contribution in [2.75, 3.05) is 6.54 Å². The minimum absolute atomic E-state index is 0.407. The topological polar surface area (TPSA) is 40.7 Å². The van der Waals surface area contributed by atoms with Crippen molar-refractivity contribution in [1.82, 2.24) is 15.3 Å². The Morgan fingerprint density at radius 2 is 2.29 bits per heavy atom. The van der Waals surface area contributed by atoms with Gasteiger partial charge in [-0.15, -0.1) is 0 Å². The van der Waals surface area contributed by atoms with Gasteiger partial charge in [0.25, 0.3) is 0 Å². The van der Waals surface area contributed by atoms with Crippen molar-refractivity contribution in [3.05, 3.63) is 18.2 Å². The van der Waals surface area contributed by atoms with Crippen LogP contribution in [-0.4, -0.2) is 16.5 Å². The van der Waals surface area contributed by atoms with Crippen LogP contribution in [0.5, 0.6) is 0 Å². The van der Waals surface area contributed by atoms with Crippen molar-refractivity contribution < 1.29 is 0 Å². The van der Waals surface area contributed by atoms with Crippen molar-refractivity contribution in [1.29, 1.82) is 0 Å². The molecule has 2 N–H and O–H groups in total. The highest BCUT2D eigenvalue weighted by Crippen LogP contribution is 2.15. The van der Waals surface area contributed by atoms with Gasteiger partial charge in [0.1, 0.15) is 5.82 Å². The monoisotopic (exact) mass is 195 g/mol. The highest BCUT2D eigenvalue weighted by atomic mass is 15.0. The summed E-state index contributed by atoms with van der Waals surface area (Å²) in [5.74, 6) is 1.08. The van der Waals surface area contributed by atoms with Crippen molar-refractivity contribution >= 4 is 0 Å². The molecule has 1 atom stereocenters. The van der Waals surface area contributed by atoms with Gasteiger partial charge < -0.3 is 10.3 Å². The van der Waals surface area contributed by atoms with Crippen molar-refractivity contribution in [2.45, 2.75) is 45.6 Å². The third-order valence-electron chi connectivity index (χ3n) is 2.34. The number of aromatic nitrogens is 2. The first kappa shape index (κ1) is 11.2. The van der Waals surface area contributed by atoms with Gasteiger partial charge in [-0.2, -0.15) is 0 Å². The van der Waals surface area contributed by atoms with Crippen LogP contribution >= 0.6 is 0 Å². The summed E-state index contributed by atoms with van der Waals surface area (Å²) in [5, 5.41) is 3.51. The van der Waals surface area contributed by atoms with Crippen LogP contribution in [0.4, 0.5) is 0 Å². The zero-order valence-electron chi connectivity index (χ0n) is 9.21. The van der Waals surface area contributed by atoms with Crippen molar-refractivity contribution in [2.24, 2.45) is 0 Å². The van der Waals surface area contributed by atoms with E-state index in [0.29, 0.717) is 6.04 Å². The molecule has 1 aromatic heterocycles. The second-order valence-corrected chi connectivity index (χ2v) is 3.62. The molecule has 1 heterocycles. The molecule has 0 amide bonds. The Morgan fingerprint density at radius 3 is 2.86 bits per heavy atom. The normalized spacial score (nSPS) is 13.0. The summed E-state index contributed by atoms with van der Waals surface area (Å²) in [6, 6.07) is 0.407. The molecular weight excluding hydrogens is 174 g/mol. The summed E-state index contributed by atoms with van der Waals surface area (Å²) >= 11 is 0. The molecule has 1 aromatic rings. The minimum atomic E-state index is 0.407. The molecule has 3 nitrogen and oxygen atoms in total. The third-order valence-corrected chi connectivity index (χ3v) is 2.34. The third kappa shape index (κ3) is 3.50. The van der Waals surface area contributed by atoms with E-state index >= 15 is 0 Å². The van der Waals surface area contributed by atoms with Gasteiger partial charge in [-0.05, 0) is 19.4 Å². The number of imidazole rings is 1. The number of rotatable bonds is 7. The average molecular weight is 195 g/mol. The first-order valence-electron chi connectivity index (χ1n) is 5.61. The van der Waals surface area contributed by atoms with Gasteiger partial charge in [0.05, 0.1) is 6.04 Å². The van der Waals surface area contributed by atoms with Crippen LogP contribution in [0.2, 0.25) is 0 Å². The molecule has 0 aliphatic heterocycles. The zero-order valence-corrected chi connectivity index (χ0v) is 9.21. The van der Waals surface area contributed by atoms with E-state index in [0.717, 1.165) is 12.4 Å². The predicted octanol–water partition coefficient (Wildman–Crippen LogP) is 2.64. The standard InChI is InChI=1S/C11H21N3/c1-3-5-6-10(12-7-4-2)11-13-8-9-14-11/h8-10,12H,3-7H2,1-2H3,(H,13,14). The summed E-state index contributed by atoms with van der Waals surface area (Å²) in [6.45, 7) is 5.47. The number of nitrogens with one attached hydrogen (secondary N) is 2. The fourth-order valence-electron chi connectivity index (χ4n) is 1.53. The summed E-state index contributed by atoms with van der Waals surface area (Å²) in [4.78, 5) is 7.49. The van der Waals surface area contributed by atoms with Gasteiger partial charge >= 0.3 is 0 Å².